The predicted molar refractivity (Wildman–Crippen MR) is 81.6 cm³/mol. The van der Waals surface area contributed by atoms with Crippen LogP contribution in [0.5, 0.6) is 0 Å². The zero-order valence-electron chi connectivity index (χ0n) is 11.1. The fourth-order valence-electron chi connectivity index (χ4n) is 2.63. The fourth-order valence-corrected chi connectivity index (χ4v) is 2.63. The Morgan fingerprint density at radius 3 is 2.00 bits per heavy atom. The third-order valence-corrected chi connectivity index (χ3v) is 3.62. The molecule has 0 aliphatic carbocycles. The van der Waals surface area contributed by atoms with E-state index in [1.165, 1.54) is 42.8 Å². The quantitative estimate of drug-likeness (QED) is 0.734. The second kappa shape index (κ2) is 5.75. The van der Waals surface area contributed by atoms with E-state index in [0.717, 1.165) is 0 Å². The first kappa shape index (κ1) is 12.0. The number of nitrogens with zero attached hydrogens (tertiary/aromatic N) is 1. The Bertz CT molecular complexity index is 536. The highest BCUT2D eigenvalue weighted by atomic mass is 15.1. The second-order valence-electron chi connectivity index (χ2n) is 5.00. The second-order valence-corrected chi connectivity index (χ2v) is 5.00. The van der Waals surface area contributed by atoms with Gasteiger partial charge < -0.3 is 4.90 Å². The van der Waals surface area contributed by atoms with Gasteiger partial charge in [-0.15, -0.1) is 0 Å². The van der Waals surface area contributed by atoms with E-state index in [2.05, 4.69) is 71.6 Å². The Kier molecular flexibility index (Phi) is 3.64. The Balaban J connectivity index is 1.99. The molecular weight excluding hydrogens is 230 g/mol. The standard InChI is InChI=1S/C18H19N/c1-3-9-16(10-4-1)15-18(19-13-7-8-14-19)17-11-5-2-6-12-17/h1-6,9-12,15H,7-8,13-14H2/b18-15+. The summed E-state index contributed by atoms with van der Waals surface area (Å²) in [4.78, 5) is 2.50. The first-order chi connectivity index (χ1) is 9.43. The van der Waals surface area contributed by atoms with Gasteiger partial charge in [0, 0.05) is 18.8 Å². The van der Waals surface area contributed by atoms with Gasteiger partial charge in [0.05, 0.1) is 0 Å². The van der Waals surface area contributed by atoms with Crippen LogP contribution in [0.25, 0.3) is 11.8 Å². The molecule has 3 rings (SSSR count). The van der Waals surface area contributed by atoms with Crippen LogP contribution < -0.4 is 0 Å². The van der Waals surface area contributed by atoms with Gasteiger partial charge in [0.25, 0.3) is 0 Å². The molecule has 1 aliphatic rings. The summed E-state index contributed by atoms with van der Waals surface area (Å²) < 4.78 is 0. The van der Waals surface area contributed by atoms with Crippen molar-refractivity contribution in [2.45, 2.75) is 12.8 Å². The van der Waals surface area contributed by atoms with Crippen molar-refractivity contribution in [3.63, 3.8) is 0 Å². The molecule has 1 nitrogen and oxygen atoms in total. The maximum atomic E-state index is 2.50. The Morgan fingerprint density at radius 1 is 0.789 bits per heavy atom. The van der Waals surface area contributed by atoms with Gasteiger partial charge in [0.1, 0.15) is 0 Å². The van der Waals surface area contributed by atoms with E-state index in [9.17, 15) is 0 Å². The lowest BCUT2D eigenvalue weighted by Gasteiger charge is -2.22. The molecular formula is C18H19N. The molecule has 0 saturated carbocycles. The van der Waals surface area contributed by atoms with E-state index in [1.54, 1.807) is 0 Å². The van der Waals surface area contributed by atoms with Gasteiger partial charge in [-0.05, 0) is 30.0 Å². The molecule has 0 radical (unpaired) electrons. The first-order valence-electron chi connectivity index (χ1n) is 7.00. The van der Waals surface area contributed by atoms with Crippen LogP contribution in [0.4, 0.5) is 0 Å². The van der Waals surface area contributed by atoms with E-state index in [1.807, 2.05) is 0 Å². The van der Waals surface area contributed by atoms with Crippen LogP contribution in [-0.4, -0.2) is 18.0 Å². The van der Waals surface area contributed by atoms with Crippen LogP contribution in [0.15, 0.2) is 60.7 Å². The molecule has 96 valence electrons. The normalized spacial score (nSPS) is 15.8. The minimum Gasteiger partial charge on any atom is -0.371 e. The topological polar surface area (TPSA) is 3.24 Å². The highest BCUT2D eigenvalue weighted by molar-refractivity contribution is 5.80. The molecule has 0 unspecified atom stereocenters. The summed E-state index contributed by atoms with van der Waals surface area (Å²) in [5, 5.41) is 0. The van der Waals surface area contributed by atoms with Crippen molar-refractivity contribution in [1.82, 2.24) is 4.90 Å². The average Bonchev–Trinajstić information content (AvgIpc) is 3.01. The summed E-state index contributed by atoms with van der Waals surface area (Å²) in [6.07, 6.45) is 4.92. The number of rotatable bonds is 3. The van der Waals surface area contributed by atoms with Crippen molar-refractivity contribution in [2.24, 2.45) is 0 Å². The number of benzene rings is 2. The molecule has 2 aromatic carbocycles. The smallest absolute Gasteiger partial charge is 0.0445 e. The van der Waals surface area contributed by atoms with E-state index in [4.69, 9.17) is 0 Å². The number of likely N-dealkylation sites (tertiary alicyclic amines) is 1. The molecule has 0 bridgehead atoms. The SMILES string of the molecule is C(=C(/c1ccccc1)N1CCCC1)/c1ccccc1. The largest absolute Gasteiger partial charge is 0.371 e. The number of hydrogen-bond donors (Lipinski definition) is 0. The number of hydrogen-bond acceptors (Lipinski definition) is 1. The van der Waals surface area contributed by atoms with Crippen LogP contribution in [0.2, 0.25) is 0 Å². The molecule has 0 N–H and O–H groups in total. The minimum absolute atomic E-state index is 1.17. The van der Waals surface area contributed by atoms with E-state index in [-0.39, 0.29) is 0 Å². The lowest BCUT2D eigenvalue weighted by molar-refractivity contribution is 0.495. The van der Waals surface area contributed by atoms with E-state index >= 15 is 0 Å². The molecule has 0 aromatic heterocycles. The first-order valence-corrected chi connectivity index (χ1v) is 7.00. The fraction of sp³-hybridized carbons (Fsp3) is 0.222. The van der Waals surface area contributed by atoms with Crippen molar-refractivity contribution in [2.75, 3.05) is 13.1 Å². The molecule has 1 heteroatoms. The minimum atomic E-state index is 1.17. The van der Waals surface area contributed by atoms with Crippen LogP contribution >= 0.6 is 0 Å². The third-order valence-electron chi connectivity index (χ3n) is 3.62. The van der Waals surface area contributed by atoms with E-state index < -0.39 is 0 Å². The Morgan fingerprint density at radius 2 is 1.37 bits per heavy atom. The summed E-state index contributed by atoms with van der Waals surface area (Å²) in [6.45, 7) is 2.35. The maximum Gasteiger partial charge on any atom is 0.0445 e. The average molecular weight is 249 g/mol. The zero-order chi connectivity index (χ0) is 12.9. The summed E-state index contributed by atoms with van der Waals surface area (Å²) in [5.41, 5.74) is 3.94. The third kappa shape index (κ3) is 2.87. The van der Waals surface area contributed by atoms with Gasteiger partial charge >= 0.3 is 0 Å². The highest BCUT2D eigenvalue weighted by Gasteiger charge is 2.15. The van der Waals surface area contributed by atoms with Crippen LogP contribution in [-0.2, 0) is 0 Å². The van der Waals surface area contributed by atoms with Crippen LogP contribution in [0, 0.1) is 0 Å². The van der Waals surface area contributed by atoms with E-state index in [0.29, 0.717) is 0 Å². The van der Waals surface area contributed by atoms with Gasteiger partial charge in [0.15, 0.2) is 0 Å². The van der Waals surface area contributed by atoms with Crippen LogP contribution in [0.1, 0.15) is 24.0 Å². The van der Waals surface area contributed by atoms with Crippen molar-refractivity contribution in [3.05, 3.63) is 71.8 Å². The molecule has 2 aromatic rings. The van der Waals surface area contributed by atoms with Crippen LogP contribution in [0.3, 0.4) is 0 Å². The van der Waals surface area contributed by atoms with Gasteiger partial charge in [-0.2, -0.15) is 0 Å². The molecule has 1 heterocycles. The zero-order valence-corrected chi connectivity index (χ0v) is 11.1. The highest BCUT2D eigenvalue weighted by Crippen LogP contribution is 2.26. The van der Waals surface area contributed by atoms with Crippen molar-refractivity contribution in [1.29, 1.82) is 0 Å². The predicted octanol–water partition coefficient (Wildman–Crippen LogP) is 4.28. The van der Waals surface area contributed by atoms with Crippen molar-refractivity contribution >= 4 is 11.8 Å². The summed E-state index contributed by atoms with van der Waals surface area (Å²) >= 11 is 0. The summed E-state index contributed by atoms with van der Waals surface area (Å²) in [7, 11) is 0. The lowest BCUT2D eigenvalue weighted by atomic mass is 10.1. The van der Waals surface area contributed by atoms with Gasteiger partial charge in [-0.3, -0.25) is 0 Å². The van der Waals surface area contributed by atoms with Crippen molar-refractivity contribution in [3.8, 4) is 0 Å². The molecule has 1 aliphatic heterocycles. The lowest BCUT2D eigenvalue weighted by Crippen LogP contribution is -2.17. The van der Waals surface area contributed by atoms with Gasteiger partial charge in [-0.1, -0.05) is 60.7 Å². The monoisotopic (exact) mass is 249 g/mol. The summed E-state index contributed by atoms with van der Waals surface area (Å²) in [5.74, 6) is 0. The Hall–Kier alpha value is -2.02. The van der Waals surface area contributed by atoms with Gasteiger partial charge in [0.2, 0.25) is 0 Å². The van der Waals surface area contributed by atoms with Gasteiger partial charge in [-0.25, -0.2) is 0 Å². The maximum absolute atomic E-state index is 2.50. The molecule has 1 fully saturated rings. The molecule has 1 saturated heterocycles. The molecule has 0 atom stereocenters. The molecule has 0 spiro atoms. The van der Waals surface area contributed by atoms with Crippen molar-refractivity contribution < 1.29 is 0 Å². The summed E-state index contributed by atoms with van der Waals surface area (Å²) in [6, 6.07) is 21.3. The Labute approximate surface area is 115 Å². The molecule has 0 amide bonds. The molecule has 19 heavy (non-hydrogen) atoms.